The van der Waals surface area contributed by atoms with Crippen LogP contribution in [-0.2, 0) is 11.3 Å². The molecule has 1 rings (SSSR count). The zero-order valence-electron chi connectivity index (χ0n) is 10.8. The van der Waals surface area contributed by atoms with Gasteiger partial charge < -0.3 is 15.7 Å². The van der Waals surface area contributed by atoms with Crippen molar-refractivity contribution in [3.8, 4) is 0 Å². The summed E-state index contributed by atoms with van der Waals surface area (Å²) < 4.78 is 0. The third-order valence-electron chi connectivity index (χ3n) is 2.58. The lowest BCUT2D eigenvalue weighted by Gasteiger charge is -2.08. The summed E-state index contributed by atoms with van der Waals surface area (Å²) in [5.74, 6) is -1.20. The molecule has 1 aromatic heterocycles. The number of carboxylic acid groups (broad SMARTS) is 1. The summed E-state index contributed by atoms with van der Waals surface area (Å²) in [4.78, 5) is 22.0. The van der Waals surface area contributed by atoms with Gasteiger partial charge in [0.05, 0.1) is 18.2 Å². The molecule has 104 valence electrons. The second-order valence-electron chi connectivity index (χ2n) is 4.21. The van der Waals surface area contributed by atoms with Gasteiger partial charge in [0, 0.05) is 12.7 Å². The minimum Gasteiger partial charge on any atom is -0.481 e. The predicted molar refractivity (Wildman–Crippen MR) is 68.3 cm³/mol. The van der Waals surface area contributed by atoms with Gasteiger partial charge in [-0.3, -0.25) is 4.79 Å². The van der Waals surface area contributed by atoms with Crippen molar-refractivity contribution in [2.45, 2.75) is 26.3 Å². The van der Waals surface area contributed by atoms with Crippen molar-refractivity contribution >= 4 is 12.0 Å². The van der Waals surface area contributed by atoms with E-state index < -0.39 is 5.97 Å². The number of aromatic nitrogens is 2. The van der Waals surface area contributed by atoms with E-state index in [1.54, 1.807) is 25.3 Å². The number of aliphatic carboxylic acids is 1. The number of hydrogen-bond donors (Lipinski definition) is 3. The van der Waals surface area contributed by atoms with Crippen molar-refractivity contribution in [1.29, 1.82) is 0 Å². The first kappa shape index (κ1) is 14.9. The molecule has 19 heavy (non-hydrogen) atoms. The molecule has 0 aliphatic heterocycles. The first-order valence-electron chi connectivity index (χ1n) is 6.10. The molecule has 0 spiro atoms. The highest BCUT2D eigenvalue weighted by atomic mass is 16.4. The number of hydrogen-bond acceptors (Lipinski definition) is 4. The van der Waals surface area contributed by atoms with Gasteiger partial charge in [0.15, 0.2) is 0 Å². The molecule has 7 heteroatoms. The highest BCUT2D eigenvalue weighted by molar-refractivity contribution is 5.73. The van der Waals surface area contributed by atoms with Gasteiger partial charge in [0.2, 0.25) is 0 Å². The summed E-state index contributed by atoms with van der Waals surface area (Å²) in [6.45, 7) is 2.41. The fourth-order valence-corrected chi connectivity index (χ4v) is 1.39. The lowest BCUT2D eigenvalue weighted by Crippen LogP contribution is -2.36. The van der Waals surface area contributed by atoms with Crippen LogP contribution in [-0.4, -0.2) is 33.8 Å². The maximum atomic E-state index is 11.4. The van der Waals surface area contributed by atoms with Crippen molar-refractivity contribution in [2.24, 2.45) is 5.92 Å². The molecule has 0 saturated heterocycles. The van der Waals surface area contributed by atoms with Gasteiger partial charge in [-0.1, -0.05) is 6.92 Å². The van der Waals surface area contributed by atoms with Gasteiger partial charge in [0.25, 0.3) is 0 Å². The summed E-state index contributed by atoms with van der Waals surface area (Å²) in [5, 5.41) is 21.5. The van der Waals surface area contributed by atoms with Gasteiger partial charge in [-0.15, -0.1) is 0 Å². The highest BCUT2D eigenvalue weighted by Crippen LogP contribution is 2.03. The molecule has 0 aliphatic rings. The van der Waals surface area contributed by atoms with Gasteiger partial charge >= 0.3 is 12.0 Å². The zero-order chi connectivity index (χ0) is 14.1. The van der Waals surface area contributed by atoms with Crippen LogP contribution in [0.5, 0.6) is 0 Å². The van der Waals surface area contributed by atoms with Crippen molar-refractivity contribution < 1.29 is 14.7 Å². The Labute approximate surface area is 111 Å². The van der Waals surface area contributed by atoms with E-state index in [9.17, 15) is 9.59 Å². The number of carbonyl (C=O) groups excluding carboxylic acids is 1. The number of carbonyl (C=O) groups is 2. The molecule has 3 N–H and O–H groups in total. The molecule has 1 unspecified atom stereocenters. The number of nitrogens with zero attached hydrogens (tertiary/aromatic N) is 2. The van der Waals surface area contributed by atoms with E-state index >= 15 is 0 Å². The highest BCUT2D eigenvalue weighted by Gasteiger charge is 2.09. The molecular weight excluding hydrogens is 248 g/mol. The largest absolute Gasteiger partial charge is 0.481 e. The minimum absolute atomic E-state index is 0.298. The molecule has 7 nitrogen and oxygen atoms in total. The van der Waals surface area contributed by atoms with Crippen LogP contribution in [0, 0.1) is 5.92 Å². The van der Waals surface area contributed by atoms with Crippen LogP contribution in [0.2, 0.25) is 0 Å². The average molecular weight is 266 g/mol. The van der Waals surface area contributed by atoms with E-state index in [2.05, 4.69) is 20.8 Å². The van der Waals surface area contributed by atoms with Crippen molar-refractivity contribution in [1.82, 2.24) is 20.8 Å². The van der Waals surface area contributed by atoms with Gasteiger partial charge in [-0.2, -0.15) is 10.2 Å². The summed E-state index contributed by atoms with van der Waals surface area (Å²) in [7, 11) is 0. The van der Waals surface area contributed by atoms with Crippen LogP contribution in [0.15, 0.2) is 18.3 Å². The van der Waals surface area contributed by atoms with E-state index in [4.69, 9.17) is 5.11 Å². The van der Waals surface area contributed by atoms with E-state index in [-0.39, 0.29) is 11.9 Å². The lowest BCUT2D eigenvalue weighted by atomic mass is 10.1. The molecule has 0 saturated carbocycles. The number of carboxylic acids is 1. The fraction of sp³-hybridized carbons (Fsp3) is 0.500. The van der Waals surface area contributed by atoms with Crippen LogP contribution < -0.4 is 10.6 Å². The molecule has 0 aliphatic carbocycles. The van der Waals surface area contributed by atoms with Crippen molar-refractivity contribution in [3.05, 3.63) is 24.0 Å². The maximum Gasteiger partial charge on any atom is 0.315 e. The summed E-state index contributed by atoms with van der Waals surface area (Å²) >= 11 is 0. The fourth-order valence-electron chi connectivity index (χ4n) is 1.39. The SMILES string of the molecule is CC(CCCNC(=O)NCc1cccnn1)C(=O)O. The Balaban J connectivity index is 2.10. The molecule has 0 radical (unpaired) electrons. The van der Waals surface area contributed by atoms with Crippen LogP contribution in [0.1, 0.15) is 25.5 Å². The average Bonchev–Trinajstić information content (AvgIpc) is 2.42. The zero-order valence-corrected chi connectivity index (χ0v) is 10.8. The predicted octanol–water partition coefficient (Wildman–Crippen LogP) is 0.777. The number of nitrogens with one attached hydrogen (secondary N) is 2. The van der Waals surface area contributed by atoms with Crippen LogP contribution in [0.4, 0.5) is 4.79 Å². The monoisotopic (exact) mass is 266 g/mol. The number of amides is 2. The Morgan fingerprint density at radius 3 is 2.84 bits per heavy atom. The standard InChI is InChI=1S/C12H18N4O3/c1-9(11(17)18)4-2-6-13-12(19)14-8-10-5-3-7-15-16-10/h3,5,7,9H,2,4,6,8H2,1H3,(H,17,18)(H2,13,14,19). The Hall–Kier alpha value is -2.18. The Kier molecular flexibility index (Phi) is 6.28. The summed E-state index contributed by atoms with van der Waals surface area (Å²) in [6, 6.07) is 3.21. The molecule has 0 aromatic carbocycles. The van der Waals surface area contributed by atoms with E-state index in [1.807, 2.05) is 0 Å². The van der Waals surface area contributed by atoms with E-state index in [1.165, 1.54) is 0 Å². The second-order valence-corrected chi connectivity index (χ2v) is 4.21. The first-order valence-corrected chi connectivity index (χ1v) is 6.10. The van der Waals surface area contributed by atoms with Gasteiger partial charge in [-0.25, -0.2) is 4.79 Å². The van der Waals surface area contributed by atoms with E-state index in [0.29, 0.717) is 31.6 Å². The van der Waals surface area contributed by atoms with Crippen molar-refractivity contribution in [2.75, 3.05) is 6.54 Å². The molecule has 0 fully saturated rings. The summed E-state index contributed by atoms with van der Waals surface area (Å²) in [6.07, 6.45) is 2.74. The lowest BCUT2D eigenvalue weighted by molar-refractivity contribution is -0.141. The van der Waals surface area contributed by atoms with Gasteiger partial charge in [0.1, 0.15) is 0 Å². The molecule has 2 amide bonds. The molecule has 1 heterocycles. The van der Waals surface area contributed by atoms with Crippen LogP contribution in [0.3, 0.4) is 0 Å². The number of urea groups is 1. The third-order valence-corrected chi connectivity index (χ3v) is 2.58. The minimum atomic E-state index is -0.813. The van der Waals surface area contributed by atoms with Gasteiger partial charge in [-0.05, 0) is 25.0 Å². The Bertz CT molecular complexity index is 411. The molecule has 1 atom stereocenters. The smallest absolute Gasteiger partial charge is 0.315 e. The van der Waals surface area contributed by atoms with Crippen molar-refractivity contribution in [3.63, 3.8) is 0 Å². The van der Waals surface area contributed by atoms with E-state index in [0.717, 1.165) is 0 Å². The third kappa shape index (κ3) is 6.35. The van der Waals surface area contributed by atoms with Crippen LogP contribution in [0.25, 0.3) is 0 Å². The number of rotatable bonds is 7. The molecule has 0 bridgehead atoms. The topological polar surface area (TPSA) is 104 Å². The first-order chi connectivity index (χ1) is 9.09. The molecule has 1 aromatic rings. The maximum absolute atomic E-state index is 11.4. The second kappa shape index (κ2) is 8.02. The van der Waals surface area contributed by atoms with Crippen LogP contribution >= 0.6 is 0 Å². The molecular formula is C12H18N4O3. The Morgan fingerprint density at radius 1 is 1.42 bits per heavy atom. The summed E-state index contributed by atoms with van der Waals surface area (Å²) in [5.41, 5.74) is 0.678. The normalized spacial score (nSPS) is 11.6. The Morgan fingerprint density at radius 2 is 2.21 bits per heavy atom. The quantitative estimate of drug-likeness (QED) is 0.632.